The standard InChI is InChI=1S/C10H14ClFN2S/c1-3-15-6-7(2)14-10-9(12)4-8(11)5-13-10/h4-5,7H,3,6H2,1-2H3,(H,13,14). The Balaban J connectivity index is 2.56. The van der Waals surface area contributed by atoms with Crippen LogP contribution in [0.4, 0.5) is 10.2 Å². The lowest BCUT2D eigenvalue weighted by molar-refractivity contribution is 0.622. The molecule has 1 atom stereocenters. The highest BCUT2D eigenvalue weighted by atomic mass is 35.5. The minimum atomic E-state index is -0.407. The first-order valence-corrected chi connectivity index (χ1v) is 6.32. The Hall–Kier alpha value is -0.480. The Labute approximate surface area is 98.6 Å². The second-order valence-corrected chi connectivity index (χ2v) is 4.94. The van der Waals surface area contributed by atoms with Crippen LogP contribution >= 0.6 is 23.4 Å². The Morgan fingerprint density at radius 1 is 1.67 bits per heavy atom. The van der Waals surface area contributed by atoms with E-state index in [0.29, 0.717) is 5.02 Å². The fourth-order valence-corrected chi connectivity index (χ4v) is 1.91. The number of pyridine rings is 1. The number of aromatic nitrogens is 1. The van der Waals surface area contributed by atoms with E-state index in [9.17, 15) is 4.39 Å². The lowest BCUT2D eigenvalue weighted by atomic mass is 10.3. The molecule has 0 aromatic carbocycles. The van der Waals surface area contributed by atoms with Gasteiger partial charge in [-0.05, 0) is 18.7 Å². The summed E-state index contributed by atoms with van der Waals surface area (Å²) in [6.45, 7) is 4.09. The molecule has 0 aliphatic carbocycles. The third kappa shape index (κ3) is 4.26. The second-order valence-electron chi connectivity index (χ2n) is 3.19. The first kappa shape index (κ1) is 12.6. The summed E-state index contributed by atoms with van der Waals surface area (Å²) in [5.41, 5.74) is 0. The molecule has 0 aliphatic rings. The van der Waals surface area contributed by atoms with E-state index in [1.165, 1.54) is 12.3 Å². The van der Waals surface area contributed by atoms with Crippen molar-refractivity contribution in [1.82, 2.24) is 4.98 Å². The number of anilines is 1. The van der Waals surface area contributed by atoms with Crippen molar-refractivity contribution in [2.75, 3.05) is 16.8 Å². The highest BCUT2D eigenvalue weighted by molar-refractivity contribution is 7.99. The Kier molecular flexibility index (Phi) is 5.19. The molecule has 2 nitrogen and oxygen atoms in total. The Morgan fingerprint density at radius 2 is 2.40 bits per heavy atom. The summed E-state index contributed by atoms with van der Waals surface area (Å²) in [4.78, 5) is 3.90. The normalized spacial score (nSPS) is 12.5. The van der Waals surface area contributed by atoms with Crippen LogP contribution in [0.15, 0.2) is 12.3 Å². The average molecular weight is 249 g/mol. The average Bonchev–Trinajstić information content (AvgIpc) is 2.19. The van der Waals surface area contributed by atoms with Crippen molar-refractivity contribution < 1.29 is 4.39 Å². The molecule has 0 aliphatic heterocycles. The van der Waals surface area contributed by atoms with Gasteiger partial charge >= 0.3 is 0 Å². The second kappa shape index (κ2) is 6.18. The summed E-state index contributed by atoms with van der Waals surface area (Å²) in [6, 6.07) is 1.45. The third-order valence-corrected chi connectivity index (χ3v) is 3.11. The number of halogens is 2. The first-order chi connectivity index (χ1) is 7.13. The molecule has 0 spiro atoms. The van der Waals surface area contributed by atoms with Crippen molar-refractivity contribution in [3.8, 4) is 0 Å². The summed E-state index contributed by atoms with van der Waals surface area (Å²) in [5, 5.41) is 3.32. The van der Waals surface area contributed by atoms with Crippen molar-refractivity contribution in [3.05, 3.63) is 23.1 Å². The van der Waals surface area contributed by atoms with Gasteiger partial charge in [0, 0.05) is 18.0 Å². The topological polar surface area (TPSA) is 24.9 Å². The fraction of sp³-hybridized carbons (Fsp3) is 0.500. The molecule has 0 amide bonds. The van der Waals surface area contributed by atoms with E-state index in [2.05, 4.69) is 17.2 Å². The van der Waals surface area contributed by atoms with E-state index in [0.717, 1.165) is 11.5 Å². The first-order valence-electron chi connectivity index (χ1n) is 4.78. The number of nitrogens with zero attached hydrogens (tertiary/aromatic N) is 1. The van der Waals surface area contributed by atoms with Crippen LogP contribution in [0.3, 0.4) is 0 Å². The molecular weight excluding hydrogens is 235 g/mol. The fourth-order valence-electron chi connectivity index (χ4n) is 1.09. The quantitative estimate of drug-likeness (QED) is 0.864. The van der Waals surface area contributed by atoms with Gasteiger partial charge in [-0.3, -0.25) is 0 Å². The van der Waals surface area contributed by atoms with Gasteiger partial charge in [0.05, 0.1) is 5.02 Å². The number of nitrogens with one attached hydrogen (secondary N) is 1. The van der Waals surface area contributed by atoms with Crippen molar-refractivity contribution in [2.45, 2.75) is 19.9 Å². The zero-order valence-electron chi connectivity index (χ0n) is 8.76. The monoisotopic (exact) mass is 248 g/mol. The number of rotatable bonds is 5. The molecule has 1 N–H and O–H groups in total. The highest BCUT2D eigenvalue weighted by Gasteiger charge is 2.07. The summed E-state index contributed by atoms with van der Waals surface area (Å²) < 4.78 is 13.3. The minimum Gasteiger partial charge on any atom is -0.364 e. The van der Waals surface area contributed by atoms with Crippen molar-refractivity contribution >= 4 is 29.2 Å². The van der Waals surface area contributed by atoms with E-state index < -0.39 is 5.82 Å². The van der Waals surface area contributed by atoms with E-state index >= 15 is 0 Å². The van der Waals surface area contributed by atoms with E-state index in [4.69, 9.17) is 11.6 Å². The summed E-state index contributed by atoms with van der Waals surface area (Å²) in [7, 11) is 0. The molecule has 1 unspecified atom stereocenters. The van der Waals surface area contributed by atoms with Gasteiger partial charge in [-0.1, -0.05) is 18.5 Å². The van der Waals surface area contributed by atoms with Crippen LogP contribution in [0.1, 0.15) is 13.8 Å². The molecule has 5 heteroatoms. The number of hydrogen-bond acceptors (Lipinski definition) is 3. The maximum atomic E-state index is 13.3. The largest absolute Gasteiger partial charge is 0.364 e. The molecule has 0 radical (unpaired) electrons. The SMILES string of the molecule is CCSCC(C)Nc1ncc(Cl)cc1F. The Bertz CT molecular complexity index is 322. The molecule has 84 valence electrons. The smallest absolute Gasteiger partial charge is 0.166 e. The summed E-state index contributed by atoms with van der Waals surface area (Å²) in [6.07, 6.45) is 1.44. The van der Waals surface area contributed by atoms with Gasteiger partial charge in [-0.2, -0.15) is 11.8 Å². The number of thioether (sulfide) groups is 1. The predicted molar refractivity (Wildman–Crippen MR) is 65.3 cm³/mol. The van der Waals surface area contributed by atoms with Gasteiger partial charge in [0.25, 0.3) is 0 Å². The molecule has 0 saturated heterocycles. The number of hydrogen-bond donors (Lipinski definition) is 1. The van der Waals surface area contributed by atoms with Gasteiger partial charge in [0.15, 0.2) is 11.6 Å². The summed E-state index contributed by atoms with van der Waals surface area (Å²) >= 11 is 7.41. The van der Waals surface area contributed by atoms with Gasteiger partial charge in [-0.15, -0.1) is 0 Å². The van der Waals surface area contributed by atoms with Crippen LogP contribution in [-0.4, -0.2) is 22.5 Å². The maximum Gasteiger partial charge on any atom is 0.166 e. The predicted octanol–water partition coefficient (Wildman–Crippen LogP) is 3.43. The highest BCUT2D eigenvalue weighted by Crippen LogP contribution is 2.17. The zero-order valence-corrected chi connectivity index (χ0v) is 10.3. The van der Waals surface area contributed by atoms with Crippen LogP contribution in [-0.2, 0) is 0 Å². The lowest BCUT2D eigenvalue weighted by Crippen LogP contribution is -2.19. The van der Waals surface area contributed by atoms with E-state index in [1.54, 1.807) is 11.8 Å². The van der Waals surface area contributed by atoms with Gasteiger partial charge in [0.2, 0.25) is 0 Å². The minimum absolute atomic E-state index is 0.193. The van der Waals surface area contributed by atoms with E-state index in [1.807, 2.05) is 6.92 Å². The van der Waals surface area contributed by atoms with Crippen LogP contribution in [0, 0.1) is 5.82 Å². The van der Waals surface area contributed by atoms with Crippen molar-refractivity contribution in [2.24, 2.45) is 0 Å². The molecular formula is C10H14ClFN2S. The Morgan fingerprint density at radius 3 is 3.00 bits per heavy atom. The van der Waals surface area contributed by atoms with Crippen LogP contribution < -0.4 is 5.32 Å². The molecule has 1 aromatic rings. The lowest BCUT2D eigenvalue weighted by Gasteiger charge is -2.14. The molecule has 1 heterocycles. The molecule has 0 fully saturated rings. The molecule has 0 bridgehead atoms. The maximum absolute atomic E-state index is 13.3. The van der Waals surface area contributed by atoms with Gasteiger partial charge < -0.3 is 5.32 Å². The van der Waals surface area contributed by atoms with E-state index in [-0.39, 0.29) is 11.9 Å². The van der Waals surface area contributed by atoms with Crippen molar-refractivity contribution in [1.29, 1.82) is 0 Å². The molecule has 1 aromatic heterocycles. The molecule has 1 rings (SSSR count). The van der Waals surface area contributed by atoms with Crippen molar-refractivity contribution in [3.63, 3.8) is 0 Å². The molecule has 0 saturated carbocycles. The van der Waals surface area contributed by atoms with Crippen LogP contribution in [0.5, 0.6) is 0 Å². The zero-order chi connectivity index (χ0) is 11.3. The molecule has 15 heavy (non-hydrogen) atoms. The van der Waals surface area contributed by atoms with Gasteiger partial charge in [0.1, 0.15) is 0 Å². The third-order valence-electron chi connectivity index (χ3n) is 1.76. The van der Waals surface area contributed by atoms with Crippen LogP contribution in [0.2, 0.25) is 5.02 Å². The van der Waals surface area contributed by atoms with Gasteiger partial charge in [-0.25, -0.2) is 9.37 Å². The summed E-state index contributed by atoms with van der Waals surface area (Å²) in [5.74, 6) is 1.85. The van der Waals surface area contributed by atoms with Crippen LogP contribution in [0.25, 0.3) is 0 Å².